The van der Waals surface area contributed by atoms with E-state index in [-0.39, 0.29) is 18.2 Å². The third kappa shape index (κ3) is 7.67. The molecule has 0 amide bonds. The van der Waals surface area contributed by atoms with Crippen LogP contribution in [0.2, 0.25) is 0 Å². The SMILES string of the molecule is CCCCCCOc1ccc(C(=O)CCN2CCCCC2)cc1.Cl. The van der Waals surface area contributed by atoms with Gasteiger partial charge in [0.15, 0.2) is 5.78 Å². The van der Waals surface area contributed by atoms with Crippen LogP contribution in [-0.2, 0) is 0 Å². The summed E-state index contributed by atoms with van der Waals surface area (Å²) >= 11 is 0. The van der Waals surface area contributed by atoms with Crippen LogP contribution < -0.4 is 4.74 Å². The Bertz CT molecular complexity index is 455. The van der Waals surface area contributed by atoms with E-state index in [1.165, 1.54) is 38.5 Å². The number of hydrogen-bond donors (Lipinski definition) is 0. The standard InChI is InChI=1S/C20H31NO2.ClH/c1-2-3-4-8-17-23-19-11-9-18(10-12-19)20(22)13-16-21-14-6-5-7-15-21;/h9-12H,2-8,13-17H2,1H3;1H. The molecule has 4 heteroatoms. The van der Waals surface area contributed by atoms with Crippen LogP contribution in [0.5, 0.6) is 5.75 Å². The average Bonchev–Trinajstić information content (AvgIpc) is 2.61. The van der Waals surface area contributed by atoms with Gasteiger partial charge >= 0.3 is 0 Å². The molecule has 0 spiro atoms. The van der Waals surface area contributed by atoms with Gasteiger partial charge < -0.3 is 9.64 Å². The van der Waals surface area contributed by atoms with Gasteiger partial charge in [0.25, 0.3) is 0 Å². The van der Waals surface area contributed by atoms with Crippen molar-refractivity contribution in [2.45, 2.75) is 58.3 Å². The summed E-state index contributed by atoms with van der Waals surface area (Å²) in [6.45, 7) is 6.18. The molecule has 0 saturated carbocycles. The highest BCUT2D eigenvalue weighted by molar-refractivity contribution is 5.96. The normalized spacial score (nSPS) is 14.9. The van der Waals surface area contributed by atoms with Crippen LogP contribution in [-0.4, -0.2) is 36.9 Å². The molecule has 1 aromatic carbocycles. The lowest BCUT2D eigenvalue weighted by Gasteiger charge is -2.25. The molecule has 1 saturated heterocycles. The number of rotatable bonds is 10. The molecule has 1 aliphatic rings. The summed E-state index contributed by atoms with van der Waals surface area (Å²) < 4.78 is 5.72. The molecule has 0 atom stereocenters. The average molecular weight is 354 g/mol. The molecule has 0 aliphatic carbocycles. The maximum atomic E-state index is 12.3. The molecule has 1 aliphatic heterocycles. The number of halogens is 1. The lowest BCUT2D eigenvalue weighted by Crippen LogP contribution is -2.31. The topological polar surface area (TPSA) is 29.5 Å². The Kier molecular flexibility index (Phi) is 10.8. The maximum Gasteiger partial charge on any atom is 0.164 e. The molecule has 24 heavy (non-hydrogen) atoms. The Morgan fingerprint density at radius 2 is 1.75 bits per heavy atom. The van der Waals surface area contributed by atoms with E-state index in [1.54, 1.807) is 0 Å². The molecule has 3 nitrogen and oxygen atoms in total. The number of ketones is 1. The van der Waals surface area contributed by atoms with E-state index in [0.29, 0.717) is 6.42 Å². The number of unbranched alkanes of at least 4 members (excludes halogenated alkanes) is 3. The summed E-state index contributed by atoms with van der Waals surface area (Å²) in [4.78, 5) is 14.7. The molecule has 0 unspecified atom stereocenters. The fourth-order valence-corrected chi connectivity index (χ4v) is 3.04. The smallest absolute Gasteiger partial charge is 0.164 e. The van der Waals surface area contributed by atoms with Crippen molar-refractivity contribution < 1.29 is 9.53 Å². The molecule has 2 rings (SSSR count). The Hall–Kier alpha value is -1.06. The van der Waals surface area contributed by atoms with Crippen molar-refractivity contribution in [2.75, 3.05) is 26.2 Å². The fraction of sp³-hybridized carbons (Fsp3) is 0.650. The summed E-state index contributed by atoms with van der Waals surface area (Å²) in [5.41, 5.74) is 0.806. The second-order valence-electron chi connectivity index (χ2n) is 6.51. The van der Waals surface area contributed by atoms with Gasteiger partial charge in [0, 0.05) is 18.5 Å². The highest BCUT2D eigenvalue weighted by atomic mass is 35.5. The minimum atomic E-state index is 0. The van der Waals surface area contributed by atoms with Crippen molar-refractivity contribution in [2.24, 2.45) is 0 Å². The first-order valence-electron chi connectivity index (χ1n) is 9.28. The number of benzene rings is 1. The number of carbonyl (C=O) groups is 1. The predicted octanol–water partition coefficient (Wildman–Crippen LogP) is 5.13. The van der Waals surface area contributed by atoms with Crippen molar-refractivity contribution in [3.05, 3.63) is 29.8 Å². The molecular formula is C20H32ClNO2. The van der Waals surface area contributed by atoms with E-state index < -0.39 is 0 Å². The van der Waals surface area contributed by atoms with Gasteiger partial charge in [0.1, 0.15) is 5.75 Å². The van der Waals surface area contributed by atoms with E-state index in [9.17, 15) is 4.79 Å². The van der Waals surface area contributed by atoms with Gasteiger partial charge in [0.05, 0.1) is 6.61 Å². The number of hydrogen-bond acceptors (Lipinski definition) is 3. The molecule has 1 heterocycles. The molecule has 0 bridgehead atoms. The number of nitrogens with zero attached hydrogens (tertiary/aromatic N) is 1. The van der Waals surface area contributed by atoms with Crippen molar-refractivity contribution >= 4 is 18.2 Å². The van der Waals surface area contributed by atoms with Crippen molar-refractivity contribution in [1.82, 2.24) is 4.90 Å². The second kappa shape index (κ2) is 12.3. The Balaban J connectivity index is 0.00000288. The molecule has 1 aromatic rings. The van der Waals surface area contributed by atoms with E-state index in [1.807, 2.05) is 24.3 Å². The van der Waals surface area contributed by atoms with Gasteiger partial charge in [-0.1, -0.05) is 32.6 Å². The lowest BCUT2D eigenvalue weighted by atomic mass is 10.1. The van der Waals surface area contributed by atoms with Crippen LogP contribution in [0.3, 0.4) is 0 Å². The third-order valence-electron chi connectivity index (χ3n) is 4.55. The first-order chi connectivity index (χ1) is 11.3. The second-order valence-corrected chi connectivity index (χ2v) is 6.51. The monoisotopic (exact) mass is 353 g/mol. The summed E-state index contributed by atoms with van der Waals surface area (Å²) in [6, 6.07) is 7.65. The van der Waals surface area contributed by atoms with Gasteiger partial charge in [-0.3, -0.25) is 4.79 Å². The van der Waals surface area contributed by atoms with Gasteiger partial charge in [-0.05, 0) is 56.6 Å². The summed E-state index contributed by atoms with van der Waals surface area (Å²) in [5, 5.41) is 0. The van der Waals surface area contributed by atoms with Gasteiger partial charge in [-0.25, -0.2) is 0 Å². The van der Waals surface area contributed by atoms with Crippen LogP contribution >= 0.6 is 12.4 Å². The van der Waals surface area contributed by atoms with Crippen molar-refractivity contribution in [3.8, 4) is 5.75 Å². The zero-order chi connectivity index (χ0) is 16.3. The minimum absolute atomic E-state index is 0. The number of ether oxygens (including phenoxy) is 1. The first-order valence-corrected chi connectivity index (χ1v) is 9.28. The largest absolute Gasteiger partial charge is 0.494 e. The fourth-order valence-electron chi connectivity index (χ4n) is 3.04. The predicted molar refractivity (Wildman–Crippen MR) is 103 cm³/mol. The highest BCUT2D eigenvalue weighted by Gasteiger charge is 2.12. The Morgan fingerprint density at radius 3 is 2.42 bits per heavy atom. The number of piperidine rings is 1. The Morgan fingerprint density at radius 1 is 1.04 bits per heavy atom. The number of carbonyl (C=O) groups excluding carboxylic acids is 1. The maximum absolute atomic E-state index is 12.3. The van der Waals surface area contributed by atoms with Gasteiger partial charge in [-0.15, -0.1) is 12.4 Å². The number of Topliss-reactive ketones (excluding diaryl/α,β-unsaturated/α-hetero) is 1. The molecule has 0 N–H and O–H groups in total. The summed E-state index contributed by atoms with van der Waals surface area (Å²) in [5.74, 6) is 1.11. The quantitative estimate of drug-likeness (QED) is 0.431. The van der Waals surface area contributed by atoms with Crippen molar-refractivity contribution in [3.63, 3.8) is 0 Å². The summed E-state index contributed by atoms with van der Waals surface area (Å²) in [6.07, 6.45) is 9.36. The molecule has 0 radical (unpaired) electrons. The first kappa shape index (κ1) is 21.0. The van der Waals surface area contributed by atoms with E-state index in [2.05, 4.69) is 11.8 Å². The molecule has 1 fully saturated rings. The third-order valence-corrected chi connectivity index (χ3v) is 4.55. The lowest BCUT2D eigenvalue weighted by molar-refractivity contribution is 0.0958. The van der Waals surface area contributed by atoms with E-state index in [4.69, 9.17) is 4.74 Å². The minimum Gasteiger partial charge on any atom is -0.494 e. The van der Waals surface area contributed by atoms with Gasteiger partial charge in [-0.2, -0.15) is 0 Å². The van der Waals surface area contributed by atoms with Crippen LogP contribution in [0.1, 0.15) is 68.6 Å². The molecule has 136 valence electrons. The zero-order valence-corrected chi connectivity index (χ0v) is 15.8. The highest BCUT2D eigenvalue weighted by Crippen LogP contribution is 2.15. The van der Waals surface area contributed by atoms with Crippen LogP contribution in [0, 0.1) is 0 Å². The number of likely N-dealkylation sites (tertiary alicyclic amines) is 1. The molecule has 0 aromatic heterocycles. The van der Waals surface area contributed by atoms with Crippen LogP contribution in [0.25, 0.3) is 0 Å². The Labute approximate surface area is 153 Å². The molecular weight excluding hydrogens is 322 g/mol. The van der Waals surface area contributed by atoms with Crippen molar-refractivity contribution in [1.29, 1.82) is 0 Å². The van der Waals surface area contributed by atoms with E-state index >= 15 is 0 Å². The summed E-state index contributed by atoms with van der Waals surface area (Å²) in [7, 11) is 0. The van der Waals surface area contributed by atoms with Gasteiger partial charge in [0.2, 0.25) is 0 Å². The zero-order valence-electron chi connectivity index (χ0n) is 15.0. The van der Waals surface area contributed by atoms with Crippen LogP contribution in [0.4, 0.5) is 0 Å². The van der Waals surface area contributed by atoms with E-state index in [0.717, 1.165) is 44.0 Å². The van der Waals surface area contributed by atoms with Crippen LogP contribution in [0.15, 0.2) is 24.3 Å².